The van der Waals surface area contributed by atoms with E-state index in [0.29, 0.717) is 11.8 Å². The fraction of sp³-hybridized carbons (Fsp3) is 0.686. The van der Waals surface area contributed by atoms with Crippen molar-refractivity contribution in [2.24, 2.45) is 5.73 Å². The number of carbonyl (C=O) groups is 8. The second-order valence-electron chi connectivity index (χ2n) is 13.2. The number of rotatable bonds is 15. The zero-order valence-electron chi connectivity index (χ0n) is 33.6. The van der Waals surface area contributed by atoms with Crippen LogP contribution in [0.2, 0.25) is 0 Å². The zero-order valence-corrected chi connectivity index (χ0v) is 34.5. The van der Waals surface area contributed by atoms with Crippen molar-refractivity contribution in [1.29, 1.82) is 5.41 Å². The average Bonchev–Trinajstić information content (AvgIpc) is 3.08. The molecule has 330 valence electrons. The monoisotopic (exact) mass is 863 g/mol. The van der Waals surface area contributed by atoms with Crippen LogP contribution in [0.25, 0.3) is 0 Å². The van der Waals surface area contributed by atoms with Crippen molar-refractivity contribution < 1.29 is 95.2 Å². The van der Waals surface area contributed by atoms with Gasteiger partial charge in [-0.15, -0.1) is 0 Å². The number of ether oxygens (including phenoxy) is 12. The Hall–Kier alpha value is -4.88. The third-order valence-electron chi connectivity index (χ3n) is 8.14. The summed E-state index contributed by atoms with van der Waals surface area (Å²) in [4.78, 5) is 98.2. The molecular weight excluding hydrogens is 814 g/mol. The van der Waals surface area contributed by atoms with E-state index < -0.39 is 145 Å². The molecule has 0 spiro atoms. The highest BCUT2D eigenvalue weighted by Gasteiger charge is 2.56. The van der Waals surface area contributed by atoms with Gasteiger partial charge in [-0.3, -0.25) is 43.8 Å². The summed E-state index contributed by atoms with van der Waals surface area (Å²) in [6, 6.07) is -1.38. The SMILES string of the molecule is CC(=O)NC1C(SC(=N)N)OC(COC(C)=O)C(OC2OC(COC(C)=O)C(OC(C)=O)=CC2OC(C)=O)C1OC1OC(C)C(OC(C)=O)C(OC(C)=O)C1OC(C)=O. The third kappa shape index (κ3) is 14.7. The Morgan fingerprint density at radius 2 is 1.20 bits per heavy atom. The Kier molecular flexibility index (Phi) is 18.0. The summed E-state index contributed by atoms with van der Waals surface area (Å²) < 4.78 is 69.2. The largest absolute Gasteiger partial charge is 0.463 e. The molecule has 1 amide bonds. The van der Waals surface area contributed by atoms with Crippen LogP contribution in [0, 0.1) is 5.41 Å². The van der Waals surface area contributed by atoms with E-state index in [0.717, 1.165) is 55.4 Å². The summed E-state index contributed by atoms with van der Waals surface area (Å²) in [5.74, 6) is -6.60. The highest BCUT2D eigenvalue weighted by atomic mass is 32.2. The van der Waals surface area contributed by atoms with Crippen molar-refractivity contribution in [3.8, 4) is 0 Å². The van der Waals surface area contributed by atoms with Crippen LogP contribution in [0.15, 0.2) is 11.8 Å². The van der Waals surface area contributed by atoms with Gasteiger partial charge in [0.25, 0.3) is 0 Å². The van der Waals surface area contributed by atoms with Crippen molar-refractivity contribution >= 4 is 64.6 Å². The maximum atomic E-state index is 12.8. The van der Waals surface area contributed by atoms with Crippen LogP contribution >= 0.6 is 11.8 Å². The van der Waals surface area contributed by atoms with Gasteiger partial charge in [-0.1, -0.05) is 11.8 Å². The minimum absolute atomic E-state index is 0.212. The molecule has 0 aromatic rings. The maximum Gasteiger partial charge on any atom is 0.307 e. The molecule has 2 fully saturated rings. The molecule has 23 nitrogen and oxygen atoms in total. The quantitative estimate of drug-likeness (QED) is 0.0800. The van der Waals surface area contributed by atoms with Crippen LogP contribution in [0.4, 0.5) is 0 Å². The molecule has 59 heavy (non-hydrogen) atoms. The van der Waals surface area contributed by atoms with E-state index >= 15 is 0 Å². The van der Waals surface area contributed by atoms with E-state index in [1.165, 1.54) is 13.0 Å². The Morgan fingerprint density at radius 3 is 1.73 bits per heavy atom. The first-order valence-electron chi connectivity index (χ1n) is 18.0. The first-order chi connectivity index (χ1) is 27.6. The van der Waals surface area contributed by atoms with E-state index in [2.05, 4.69) is 5.32 Å². The van der Waals surface area contributed by atoms with Gasteiger partial charge in [0, 0.05) is 61.5 Å². The number of carbonyl (C=O) groups excluding carboxylic acids is 8. The van der Waals surface area contributed by atoms with Crippen LogP contribution in [-0.2, 0) is 95.2 Å². The molecule has 2 saturated heterocycles. The number of hydrogen-bond donors (Lipinski definition) is 3. The number of nitrogens with one attached hydrogen (secondary N) is 2. The van der Waals surface area contributed by atoms with Gasteiger partial charge >= 0.3 is 41.8 Å². The van der Waals surface area contributed by atoms with E-state index in [9.17, 15) is 38.4 Å². The van der Waals surface area contributed by atoms with E-state index in [4.69, 9.17) is 68.0 Å². The first kappa shape index (κ1) is 48.5. The summed E-state index contributed by atoms with van der Waals surface area (Å²) in [6.07, 6.45) is -15.4. The van der Waals surface area contributed by atoms with Crippen LogP contribution in [0.1, 0.15) is 62.3 Å². The molecule has 3 rings (SSSR count). The maximum absolute atomic E-state index is 12.8. The van der Waals surface area contributed by atoms with Gasteiger partial charge in [0.15, 0.2) is 48.3 Å². The Bertz CT molecular complexity index is 1640. The van der Waals surface area contributed by atoms with Crippen molar-refractivity contribution in [1.82, 2.24) is 5.32 Å². The van der Waals surface area contributed by atoms with Crippen molar-refractivity contribution in [2.75, 3.05) is 13.2 Å². The van der Waals surface area contributed by atoms with Gasteiger partial charge in [-0.25, -0.2) is 0 Å². The summed E-state index contributed by atoms with van der Waals surface area (Å²) in [5.41, 5.74) is 4.46. The number of hydrogen-bond acceptors (Lipinski definition) is 22. The molecular formula is C35H49N3O20S. The Balaban J connectivity index is 2.28. The molecule has 0 radical (unpaired) electrons. The minimum atomic E-state index is -1.74. The van der Waals surface area contributed by atoms with Crippen molar-refractivity contribution in [3.63, 3.8) is 0 Å². The summed E-state index contributed by atoms with van der Waals surface area (Å²) in [6.45, 7) is 9.05. The molecule has 0 saturated carbocycles. The van der Waals surface area contributed by atoms with Gasteiger partial charge in [-0.05, 0) is 6.92 Å². The predicted octanol–water partition coefficient (Wildman–Crippen LogP) is -0.617. The normalized spacial score (nSPS) is 31.5. The van der Waals surface area contributed by atoms with E-state index in [-0.39, 0.29) is 5.76 Å². The second kappa shape index (κ2) is 21.9. The molecule has 0 aromatic heterocycles. The fourth-order valence-electron chi connectivity index (χ4n) is 6.19. The van der Waals surface area contributed by atoms with Crippen molar-refractivity contribution in [3.05, 3.63) is 11.8 Å². The Morgan fingerprint density at radius 1 is 0.661 bits per heavy atom. The second-order valence-corrected chi connectivity index (χ2v) is 14.4. The molecule has 0 aromatic carbocycles. The lowest BCUT2D eigenvalue weighted by molar-refractivity contribution is -0.343. The van der Waals surface area contributed by atoms with Gasteiger partial charge < -0.3 is 67.9 Å². The molecule has 13 atom stereocenters. The van der Waals surface area contributed by atoms with Gasteiger partial charge in [0.2, 0.25) is 5.91 Å². The fourth-order valence-corrected chi connectivity index (χ4v) is 7.01. The predicted molar refractivity (Wildman–Crippen MR) is 194 cm³/mol. The van der Waals surface area contributed by atoms with Crippen LogP contribution < -0.4 is 11.1 Å². The lowest BCUT2D eigenvalue weighted by Gasteiger charge is -2.50. The number of nitrogens with two attached hydrogens (primary N) is 1. The number of thioether (sulfide) groups is 1. The zero-order chi connectivity index (χ0) is 44.3. The molecule has 3 aliphatic heterocycles. The van der Waals surface area contributed by atoms with Gasteiger partial charge in [0.05, 0.1) is 12.1 Å². The molecule has 3 heterocycles. The number of amides is 1. The van der Waals surface area contributed by atoms with Crippen LogP contribution in [-0.4, -0.2) is 145 Å². The summed E-state index contributed by atoms with van der Waals surface area (Å²) in [7, 11) is 0. The lowest BCUT2D eigenvalue weighted by Crippen LogP contribution is -2.69. The first-order valence-corrected chi connectivity index (χ1v) is 18.8. The molecule has 4 N–H and O–H groups in total. The topological polar surface area (TPSA) is 309 Å². The summed E-state index contributed by atoms with van der Waals surface area (Å²) in [5, 5.41) is 10.2. The lowest BCUT2D eigenvalue weighted by atomic mass is 9.95. The van der Waals surface area contributed by atoms with Crippen molar-refractivity contribution in [2.45, 2.75) is 141 Å². The van der Waals surface area contributed by atoms with Gasteiger partial charge in [-0.2, -0.15) is 0 Å². The van der Waals surface area contributed by atoms with Gasteiger partial charge in [0.1, 0.15) is 42.7 Å². The molecule has 13 unspecified atom stereocenters. The highest BCUT2D eigenvalue weighted by molar-refractivity contribution is 8.14. The molecule has 0 aliphatic carbocycles. The number of amidine groups is 1. The number of esters is 7. The van der Waals surface area contributed by atoms with E-state index in [1.807, 2.05) is 0 Å². The smallest absolute Gasteiger partial charge is 0.307 e. The Labute approximate surface area is 342 Å². The van der Waals surface area contributed by atoms with Crippen LogP contribution in [0.5, 0.6) is 0 Å². The summed E-state index contributed by atoms with van der Waals surface area (Å²) >= 11 is 0.618. The minimum Gasteiger partial charge on any atom is -0.463 e. The standard InChI is InChI=1S/C35H49N3O20S/c1-13-27(52-19(7)44)30(53-20(8)45)31(54-21(9)46)33(49-13)58-29-26(38-14(2)39)34(59-35(36)37)56-25(12-48-16(4)41)28(29)57-32-23(51-18(6)43)10-22(50-17(5)42)24(55-32)11-47-15(3)40/h10,13,23-34H,11-12H2,1-9H3,(H3,36,37)(H,38,39). The molecule has 3 aliphatic rings. The molecule has 0 bridgehead atoms. The van der Waals surface area contributed by atoms with E-state index in [1.54, 1.807) is 0 Å². The average molecular weight is 864 g/mol. The van der Waals surface area contributed by atoms with Crippen LogP contribution in [0.3, 0.4) is 0 Å². The molecule has 24 heteroatoms. The third-order valence-corrected chi connectivity index (χ3v) is 9.03. The highest BCUT2D eigenvalue weighted by Crippen LogP contribution is 2.38.